The molecule has 5 nitrogen and oxygen atoms in total. The molecular weight excluding hydrogens is 324 g/mol. The van der Waals surface area contributed by atoms with Crippen molar-refractivity contribution in [3.63, 3.8) is 0 Å². The number of benzene rings is 1. The largest absolute Gasteiger partial charge is 0.492 e. The molecule has 2 aromatic rings. The molecule has 0 bridgehead atoms. The predicted molar refractivity (Wildman–Crippen MR) is 104 cm³/mol. The summed E-state index contributed by atoms with van der Waals surface area (Å²) in [7, 11) is 0. The standard InChI is InChI=1S/C21H28N4O/c1-13-3-6-18(9-14(13)2)26-8-7-23-20-12-19(16-10-17(22)11-16)24-21(25-20)15-4-5-15/h3,6,9,12,15-17H,4-5,7-8,10-11,22H2,1-2H3,(H,23,24,25). The predicted octanol–water partition coefficient (Wildman–Crippen LogP) is 3.67. The second-order valence-electron chi connectivity index (χ2n) is 7.76. The van der Waals surface area contributed by atoms with Crippen molar-refractivity contribution in [3.05, 3.63) is 46.9 Å². The lowest BCUT2D eigenvalue weighted by Crippen LogP contribution is -2.35. The number of hydrogen-bond acceptors (Lipinski definition) is 5. The molecule has 0 unspecified atom stereocenters. The topological polar surface area (TPSA) is 73.1 Å². The molecular formula is C21H28N4O. The fraction of sp³-hybridized carbons (Fsp3) is 0.524. The first-order valence-electron chi connectivity index (χ1n) is 9.67. The average molecular weight is 352 g/mol. The summed E-state index contributed by atoms with van der Waals surface area (Å²) in [5.74, 6) is 3.89. The van der Waals surface area contributed by atoms with Crippen LogP contribution in [0.4, 0.5) is 5.82 Å². The van der Waals surface area contributed by atoms with Gasteiger partial charge in [0.25, 0.3) is 0 Å². The molecule has 1 heterocycles. The Kier molecular flexibility index (Phi) is 4.81. The molecule has 26 heavy (non-hydrogen) atoms. The van der Waals surface area contributed by atoms with Crippen LogP contribution in [-0.4, -0.2) is 29.2 Å². The summed E-state index contributed by atoms with van der Waals surface area (Å²) in [5, 5.41) is 3.41. The molecule has 3 N–H and O–H groups in total. The molecule has 1 aromatic heterocycles. The van der Waals surface area contributed by atoms with E-state index in [9.17, 15) is 0 Å². The van der Waals surface area contributed by atoms with Gasteiger partial charge in [-0.05, 0) is 62.8 Å². The number of nitrogens with two attached hydrogens (primary N) is 1. The molecule has 0 atom stereocenters. The lowest BCUT2D eigenvalue weighted by atomic mass is 9.78. The first-order chi connectivity index (χ1) is 12.6. The van der Waals surface area contributed by atoms with E-state index >= 15 is 0 Å². The highest BCUT2D eigenvalue weighted by Crippen LogP contribution is 2.41. The van der Waals surface area contributed by atoms with E-state index in [0.717, 1.165) is 42.5 Å². The highest BCUT2D eigenvalue weighted by atomic mass is 16.5. The van der Waals surface area contributed by atoms with Gasteiger partial charge >= 0.3 is 0 Å². The van der Waals surface area contributed by atoms with Gasteiger partial charge < -0.3 is 15.8 Å². The number of rotatable bonds is 7. The van der Waals surface area contributed by atoms with Gasteiger partial charge in [-0.2, -0.15) is 0 Å². The Hall–Kier alpha value is -2.14. The van der Waals surface area contributed by atoms with Crippen LogP contribution in [0.1, 0.15) is 60.2 Å². The third-order valence-corrected chi connectivity index (χ3v) is 5.45. The second kappa shape index (κ2) is 7.23. The maximum Gasteiger partial charge on any atom is 0.134 e. The van der Waals surface area contributed by atoms with E-state index in [-0.39, 0.29) is 0 Å². The minimum atomic E-state index is 0.335. The molecule has 138 valence electrons. The number of hydrogen-bond donors (Lipinski definition) is 2. The number of ether oxygens (including phenoxy) is 1. The monoisotopic (exact) mass is 352 g/mol. The molecule has 0 spiro atoms. The van der Waals surface area contributed by atoms with E-state index in [4.69, 9.17) is 20.4 Å². The number of aromatic nitrogens is 2. The summed E-state index contributed by atoms with van der Waals surface area (Å²) in [6.45, 7) is 5.54. The number of anilines is 1. The number of aryl methyl sites for hydroxylation is 2. The third-order valence-electron chi connectivity index (χ3n) is 5.45. The van der Waals surface area contributed by atoms with Crippen LogP contribution in [0, 0.1) is 13.8 Å². The van der Waals surface area contributed by atoms with Gasteiger partial charge in [-0.15, -0.1) is 0 Å². The van der Waals surface area contributed by atoms with Gasteiger partial charge in [0, 0.05) is 29.6 Å². The van der Waals surface area contributed by atoms with Crippen molar-refractivity contribution in [2.75, 3.05) is 18.5 Å². The minimum absolute atomic E-state index is 0.335. The summed E-state index contributed by atoms with van der Waals surface area (Å²) in [6, 6.07) is 8.64. The lowest BCUT2D eigenvalue weighted by molar-refractivity contribution is 0.332. The Morgan fingerprint density at radius 2 is 1.88 bits per heavy atom. The van der Waals surface area contributed by atoms with Crippen molar-refractivity contribution in [1.29, 1.82) is 0 Å². The van der Waals surface area contributed by atoms with Gasteiger partial charge in [0.1, 0.15) is 24.0 Å². The van der Waals surface area contributed by atoms with Gasteiger partial charge in [-0.25, -0.2) is 9.97 Å². The molecule has 2 aliphatic rings. The second-order valence-corrected chi connectivity index (χ2v) is 7.76. The molecule has 2 saturated carbocycles. The van der Waals surface area contributed by atoms with Gasteiger partial charge in [0.15, 0.2) is 0 Å². The SMILES string of the molecule is Cc1ccc(OCCNc2cc(C3CC(N)C3)nc(C3CC3)n2)cc1C. The van der Waals surface area contributed by atoms with Gasteiger partial charge in [-0.3, -0.25) is 0 Å². The van der Waals surface area contributed by atoms with E-state index in [2.05, 4.69) is 37.4 Å². The molecule has 0 radical (unpaired) electrons. The van der Waals surface area contributed by atoms with Crippen LogP contribution >= 0.6 is 0 Å². The van der Waals surface area contributed by atoms with Gasteiger partial charge in [0.05, 0.1) is 6.54 Å². The molecule has 5 heteroatoms. The average Bonchev–Trinajstić information content (AvgIpc) is 3.44. The summed E-state index contributed by atoms with van der Waals surface area (Å²) in [5.41, 5.74) is 9.64. The normalized spacial score (nSPS) is 22.0. The zero-order valence-electron chi connectivity index (χ0n) is 15.7. The number of nitrogens with zero attached hydrogens (tertiary/aromatic N) is 2. The van der Waals surface area contributed by atoms with Crippen molar-refractivity contribution < 1.29 is 4.74 Å². The first kappa shape index (κ1) is 17.3. The Labute approximate surface area is 155 Å². The minimum Gasteiger partial charge on any atom is -0.492 e. The molecule has 0 aliphatic heterocycles. The van der Waals surface area contributed by atoms with Crippen LogP contribution in [0.3, 0.4) is 0 Å². The fourth-order valence-electron chi connectivity index (χ4n) is 3.36. The summed E-state index contributed by atoms with van der Waals surface area (Å²) in [4.78, 5) is 9.52. The fourth-order valence-corrected chi connectivity index (χ4v) is 3.36. The lowest BCUT2D eigenvalue weighted by Gasteiger charge is -2.32. The molecule has 1 aromatic carbocycles. The Morgan fingerprint density at radius 3 is 2.58 bits per heavy atom. The summed E-state index contributed by atoms with van der Waals surface area (Å²) >= 11 is 0. The van der Waals surface area contributed by atoms with E-state index < -0.39 is 0 Å². The zero-order chi connectivity index (χ0) is 18.1. The van der Waals surface area contributed by atoms with Crippen molar-refractivity contribution in [3.8, 4) is 5.75 Å². The molecule has 0 amide bonds. The molecule has 0 saturated heterocycles. The zero-order valence-corrected chi connectivity index (χ0v) is 15.7. The Morgan fingerprint density at radius 1 is 1.08 bits per heavy atom. The van der Waals surface area contributed by atoms with Crippen molar-refractivity contribution >= 4 is 5.82 Å². The van der Waals surface area contributed by atoms with Crippen molar-refractivity contribution in [2.45, 2.75) is 57.4 Å². The molecule has 2 fully saturated rings. The number of nitrogens with one attached hydrogen (secondary N) is 1. The summed E-state index contributed by atoms with van der Waals surface area (Å²) in [6.07, 6.45) is 4.50. The summed E-state index contributed by atoms with van der Waals surface area (Å²) < 4.78 is 5.86. The van der Waals surface area contributed by atoms with Crippen molar-refractivity contribution in [2.24, 2.45) is 5.73 Å². The van der Waals surface area contributed by atoms with E-state index in [1.165, 1.54) is 24.0 Å². The quantitative estimate of drug-likeness (QED) is 0.744. The first-order valence-corrected chi connectivity index (χ1v) is 9.67. The van der Waals surface area contributed by atoms with Crippen LogP contribution in [0.25, 0.3) is 0 Å². The Balaban J connectivity index is 1.35. The van der Waals surface area contributed by atoms with Gasteiger partial charge in [-0.1, -0.05) is 6.07 Å². The van der Waals surface area contributed by atoms with Crippen LogP contribution in [0.15, 0.2) is 24.3 Å². The molecule has 4 rings (SSSR count). The van der Waals surface area contributed by atoms with Crippen LogP contribution in [0.5, 0.6) is 5.75 Å². The van der Waals surface area contributed by atoms with E-state index in [1.807, 2.05) is 6.07 Å². The van der Waals surface area contributed by atoms with Crippen LogP contribution in [-0.2, 0) is 0 Å². The van der Waals surface area contributed by atoms with Crippen LogP contribution < -0.4 is 15.8 Å². The van der Waals surface area contributed by atoms with E-state index in [1.54, 1.807) is 0 Å². The smallest absolute Gasteiger partial charge is 0.134 e. The highest BCUT2D eigenvalue weighted by Gasteiger charge is 2.32. The molecule has 2 aliphatic carbocycles. The maximum atomic E-state index is 5.95. The highest BCUT2D eigenvalue weighted by molar-refractivity contribution is 5.39. The van der Waals surface area contributed by atoms with Crippen LogP contribution in [0.2, 0.25) is 0 Å². The third kappa shape index (κ3) is 3.98. The van der Waals surface area contributed by atoms with E-state index in [0.29, 0.717) is 24.5 Å². The maximum absolute atomic E-state index is 5.95. The Bertz CT molecular complexity index is 782. The van der Waals surface area contributed by atoms with Gasteiger partial charge in [0.2, 0.25) is 0 Å². The van der Waals surface area contributed by atoms with Crippen molar-refractivity contribution in [1.82, 2.24) is 9.97 Å².